The van der Waals surface area contributed by atoms with Gasteiger partial charge in [-0.15, -0.1) is 0 Å². The van der Waals surface area contributed by atoms with Crippen LogP contribution in [-0.2, 0) is 4.74 Å². The first-order valence-corrected chi connectivity index (χ1v) is 11.3. The monoisotopic (exact) mass is 451 g/mol. The summed E-state index contributed by atoms with van der Waals surface area (Å²) in [6.45, 7) is 4.99. The van der Waals surface area contributed by atoms with Crippen LogP contribution in [0, 0.1) is 0 Å². The molecule has 1 amide bonds. The standard InChI is InChI=1S/C26H29NO6/c1-3-5-7-16-31-19-13-11-18(12-14-19)25(29)27-21-10-8-9-20-22(28)17-23(33-24(20)21)26(30)32-15-6-4-2/h8-14,17H,3-7,15-16H2,1-2H3,(H,27,29). The molecule has 7 nitrogen and oxygen atoms in total. The first kappa shape index (κ1) is 24.0. The zero-order chi connectivity index (χ0) is 23.6. The number of hydrogen-bond acceptors (Lipinski definition) is 6. The number of amides is 1. The van der Waals surface area contributed by atoms with Gasteiger partial charge in [0.05, 0.1) is 24.3 Å². The molecule has 0 spiro atoms. The van der Waals surface area contributed by atoms with E-state index in [1.54, 1.807) is 42.5 Å². The van der Waals surface area contributed by atoms with Crippen molar-refractivity contribution in [3.8, 4) is 5.75 Å². The molecule has 2 aromatic carbocycles. The molecule has 1 N–H and O–H groups in total. The highest BCUT2D eigenvalue weighted by Crippen LogP contribution is 2.24. The Balaban J connectivity index is 1.77. The summed E-state index contributed by atoms with van der Waals surface area (Å²) in [4.78, 5) is 37.6. The number of para-hydroxylation sites is 1. The number of hydrogen-bond donors (Lipinski definition) is 1. The SMILES string of the molecule is CCCCCOc1ccc(C(=O)Nc2cccc3c(=O)cc(C(=O)OCCCC)oc23)cc1. The number of carbonyl (C=O) groups is 2. The Hall–Kier alpha value is -3.61. The number of fused-ring (bicyclic) bond motifs is 1. The lowest BCUT2D eigenvalue weighted by atomic mass is 10.1. The maximum absolute atomic E-state index is 12.8. The first-order chi connectivity index (χ1) is 16.0. The van der Waals surface area contributed by atoms with Crippen LogP contribution in [0.25, 0.3) is 11.0 Å². The van der Waals surface area contributed by atoms with Gasteiger partial charge >= 0.3 is 5.97 Å². The Kier molecular flexibility index (Phi) is 8.63. The fraction of sp³-hybridized carbons (Fsp3) is 0.346. The zero-order valence-electron chi connectivity index (χ0n) is 19.0. The third-order valence-electron chi connectivity index (χ3n) is 5.07. The summed E-state index contributed by atoms with van der Waals surface area (Å²) in [5, 5.41) is 3.02. The van der Waals surface area contributed by atoms with Gasteiger partial charge in [-0.3, -0.25) is 9.59 Å². The second-order valence-corrected chi connectivity index (χ2v) is 7.68. The predicted molar refractivity (Wildman–Crippen MR) is 127 cm³/mol. The van der Waals surface area contributed by atoms with Gasteiger partial charge in [0.15, 0.2) is 11.0 Å². The van der Waals surface area contributed by atoms with E-state index in [9.17, 15) is 14.4 Å². The van der Waals surface area contributed by atoms with Crippen molar-refractivity contribution in [3.63, 3.8) is 0 Å². The molecule has 0 saturated heterocycles. The van der Waals surface area contributed by atoms with Crippen LogP contribution in [0.15, 0.2) is 57.7 Å². The minimum Gasteiger partial charge on any atom is -0.494 e. The van der Waals surface area contributed by atoms with Crippen LogP contribution in [0.1, 0.15) is 66.9 Å². The molecule has 3 aromatic rings. The van der Waals surface area contributed by atoms with Gasteiger partial charge in [-0.25, -0.2) is 4.79 Å². The van der Waals surface area contributed by atoms with Crippen LogP contribution >= 0.6 is 0 Å². The molecule has 0 saturated carbocycles. The van der Waals surface area contributed by atoms with Crippen molar-refractivity contribution in [2.75, 3.05) is 18.5 Å². The summed E-state index contributed by atoms with van der Waals surface area (Å²) in [6, 6.07) is 12.8. The number of benzene rings is 2. The summed E-state index contributed by atoms with van der Waals surface area (Å²) in [7, 11) is 0. The summed E-state index contributed by atoms with van der Waals surface area (Å²) in [5.41, 5.74) is 0.444. The molecule has 0 aliphatic carbocycles. The average Bonchev–Trinajstić information content (AvgIpc) is 2.82. The van der Waals surface area contributed by atoms with Gasteiger partial charge in [0.25, 0.3) is 5.91 Å². The molecule has 0 bridgehead atoms. The minimum absolute atomic E-state index is 0.122. The number of carbonyl (C=O) groups excluding carboxylic acids is 2. The number of unbranched alkanes of at least 4 members (excludes halogenated alkanes) is 3. The molecule has 1 aromatic heterocycles. The lowest BCUT2D eigenvalue weighted by molar-refractivity contribution is 0.0464. The van der Waals surface area contributed by atoms with Gasteiger partial charge in [-0.2, -0.15) is 0 Å². The van der Waals surface area contributed by atoms with Crippen molar-refractivity contribution in [1.82, 2.24) is 0 Å². The second kappa shape index (κ2) is 11.9. The molecule has 0 fully saturated rings. The van der Waals surface area contributed by atoms with Crippen LogP contribution in [-0.4, -0.2) is 25.1 Å². The molecular formula is C26H29NO6. The smallest absolute Gasteiger partial charge is 0.374 e. The van der Waals surface area contributed by atoms with Crippen LogP contribution in [0.4, 0.5) is 5.69 Å². The van der Waals surface area contributed by atoms with E-state index in [0.29, 0.717) is 24.3 Å². The molecule has 0 aliphatic heterocycles. The normalized spacial score (nSPS) is 10.7. The zero-order valence-corrected chi connectivity index (χ0v) is 19.0. The molecule has 7 heteroatoms. The number of nitrogens with one attached hydrogen (secondary N) is 1. The van der Waals surface area contributed by atoms with E-state index in [0.717, 1.165) is 31.7 Å². The Morgan fingerprint density at radius 2 is 1.70 bits per heavy atom. The molecule has 174 valence electrons. The summed E-state index contributed by atoms with van der Waals surface area (Å²) in [5.74, 6) is -0.586. The van der Waals surface area contributed by atoms with Crippen molar-refractivity contribution in [2.45, 2.75) is 46.0 Å². The minimum atomic E-state index is -0.710. The second-order valence-electron chi connectivity index (χ2n) is 7.68. The Bertz CT molecular complexity index is 1150. The van der Waals surface area contributed by atoms with E-state index in [1.807, 2.05) is 6.92 Å². The third-order valence-corrected chi connectivity index (χ3v) is 5.07. The molecule has 0 unspecified atom stereocenters. The predicted octanol–water partition coefficient (Wildman–Crippen LogP) is 5.57. The molecule has 0 atom stereocenters. The molecule has 33 heavy (non-hydrogen) atoms. The van der Waals surface area contributed by atoms with E-state index in [-0.39, 0.29) is 40.4 Å². The summed E-state index contributed by atoms with van der Waals surface area (Å²) < 4.78 is 16.5. The third kappa shape index (κ3) is 6.44. The molecule has 0 radical (unpaired) electrons. The highest BCUT2D eigenvalue weighted by molar-refractivity contribution is 6.08. The largest absolute Gasteiger partial charge is 0.494 e. The van der Waals surface area contributed by atoms with Gasteiger partial charge in [0.1, 0.15) is 5.75 Å². The Morgan fingerprint density at radius 1 is 0.939 bits per heavy atom. The quantitative estimate of drug-likeness (QED) is 0.302. The van der Waals surface area contributed by atoms with Gasteiger partial charge < -0.3 is 19.2 Å². The van der Waals surface area contributed by atoms with Crippen LogP contribution in [0.2, 0.25) is 0 Å². The van der Waals surface area contributed by atoms with Crippen LogP contribution < -0.4 is 15.5 Å². The Labute approximate surface area is 192 Å². The van der Waals surface area contributed by atoms with Crippen molar-refractivity contribution in [2.24, 2.45) is 0 Å². The van der Waals surface area contributed by atoms with Crippen molar-refractivity contribution in [1.29, 1.82) is 0 Å². The average molecular weight is 452 g/mol. The maximum atomic E-state index is 12.8. The van der Waals surface area contributed by atoms with E-state index < -0.39 is 5.97 Å². The van der Waals surface area contributed by atoms with E-state index >= 15 is 0 Å². The summed E-state index contributed by atoms with van der Waals surface area (Å²) in [6.07, 6.45) is 4.81. The highest BCUT2D eigenvalue weighted by atomic mass is 16.5. The maximum Gasteiger partial charge on any atom is 0.374 e. The molecule has 0 aliphatic rings. The number of ether oxygens (including phenoxy) is 2. The van der Waals surface area contributed by atoms with Gasteiger partial charge in [0, 0.05) is 11.6 Å². The lowest BCUT2D eigenvalue weighted by Gasteiger charge is -2.10. The van der Waals surface area contributed by atoms with E-state index in [1.165, 1.54) is 0 Å². The Morgan fingerprint density at radius 3 is 2.42 bits per heavy atom. The van der Waals surface area contributed by atoms with Crippen molar-refractivity contribution >= 4 is 28.5 Å². The molecule has 1 heterocycles. The van der Waals surface area contributed by atoms with E-state index in [4.69, 9.17) is 13.9 Å². The van der Waals surface area contributed by atoms with Crippen LogP contribution in [0.3, 0.4) is 0 Å². The van der Waals surface area contributed by atoms with Gasteiger partial charge in [-0.1, -0.05) is 39.2 Å². The summed E-state index contributed by atoms with van der Waals surface area (Å²) >= 11 is 0. The van der Waals surface area contributed by atoms with Gasteiger partial charge in [0.2, 0.25) is 5.76 Å². The number of esters is 1. The lowest BCUT2D eigenvalue weighted by Crippen LogP contribution is -2.14. The fourth-order valence-corrected chi connectivity index (χ4v) is 3.20. The fourth-order valence-electron chi connectivity index (χ4n) is 3.20. The highest BCUT2D eigenvalue weighted by Gasteiger charge is 2.17. The first-order valence-electron chi connectivity index (χ1n) is 11.3. The van der Waals surface area contributed by atoms with Gasteiger partial charge in [-0.05, 0) is 49.2 Å². The molecular weight excluding hydrogens is 422 g/mol. The van der Waals surface area contributed by atoms with E-state index in [2.05, 4.69) is 12.2 Å². The van der Waals surface area contributed by atoms with Crippen molar-refractivity contribution in [3.05, 3.63) is 70.1 Å². The molecule has 3 rings (SSSR count). The topological polar surface area (TPSA) is 94.8 Å². The number of anilines is 1. The van der Waals surface area contributed by atoms with Crippen LogP contribution in [0.5, 0.6) is 5.75 Å². The van der Waals surface area contributed by atoms with Crippen molar-refractivity contribution < 1.29 is 23.5 Å². The number of rotatable bonds is 11.